The van der Waals surface area contributed by atoms with E-state index < -0.39 is 0 Å². The highest BCUT2D eigenvalue weighted by Gasteiger charge is 2.23. The summed E-state index contributed by atoms with van der Waals surface area (Å²) in [6, 6.07) is 0.882. The van der Waals surface area contributed by atoms with Gasteiger partial charge in [0, 0.05) is 25.7 Å². The fraction of sp³-hybridized carbons (Fsp3) is 0.818. The molecule has 1 fully saturated rings. The molecule has 0 radical (unpaired) electrons. The molecule has 0 aromatic rings. The van der Waals surface area contributed by atoms with Crippen molar-refractivity contribution in [2.45, 2.75) is 32.9 Å². The molecule has 0 aromatic heterocycles. The summed E-state index contributed by atoms with van der Waals surface area (Å²) in [5.41, 5.74) is 0. The molecule has 0 spiro atoms. The van der Waals surface area contributed by atoms with Crippen molar-refractivity contribution in [1.29, 1.82) is 0 Å². The molecular formula is C11H20N2. The van der Waals surface area contributed by atoms with Crippen molar-refractivity contribution in [1.82, 2.24) is 10.2 Å². The van der Waals surface area contributed by atoms with Crippen molar-refractivity contribution in [3.05, 3.63) is 0 Å². The molecule has 0 amide bonds. The van der Waals surface area contributed by atoms with Crippen LogP contribution in [0.15, 0.2) is 0 Å². The normalized spacial score (nSPS) is 27.2. The fourth-order valence-corrected chi connectivity index (χ4v) is 1.71. The van der Waals surface area contributed by atoms with Gasteiger partial charge in [-0.1, -0.05) is 19.8 Å². The molecule has 2 unspecified atom stereocenters. The summed E-state index contributed by atoms with van der Waals surface area (Å²) in [5.74, 6) is 3.48. The Labute approximate surface area is 81.7 Å². The third-order valence-electron chi connectivity index (χ3n) is 2.83. The number of piperazine rings is 1. The Morgan fingerprint density at radius 1 is 1.46 bits per heavy atom. The average Bonchev–Trinajstić information content (AvgIpc) is 2.17. The topological polar surface area (TPSA) is 15.3 Å². The van der Waals surface area contributed by atoms with Crippen LogP contribution in [0.4, 0.5) is 0 Å². The highest BCUT2D eigenvalue weighted by atomic mass is 15.2. The molecule has 2 heteroatoms. The molecule has 1 rings (SSSR count). The van der Waals surface area contributed by atoms with Crippen LogP contribution < -0.4 is 5.32 Å². The highest BCUT2D eigenvalue weighted by molar-refractivity contribution is 4.99. The van der Waals surface area contributed by atoms with E-state index in [1.54, 1.807) is 0 Å². The number of hydrogen-bond acceptors (Lipinski definition) is 2. The zero-order valence-electron chi connectivity index (χ0n) is 8.88. The summed E-state index contributed by atoms with van der Waals surface area (Å²) in [6.45, 7) is 9.83. The lowest BCUT2D eigenvalue weighted by atomic mass is 10.0. The Morgan fingerprint density at radius 3 is 2.69 bits per heavy atom. The third-order valence-corrected chi connectivity index (χ3v) is 2.83. The molecule has 0 aliphatic carbocycles. The van der Waals surface area contributed by atoms with Gasteiger partial charge in [0.15, 0.2) is 0 Å². The minimum atomic E-state index is 0.281. The zero-order valence-corrected chi connectivity index (χ0v) is 8.88. The number of hydrogen-bond donors (Lipinski definition) is 1. The molecule has 1 N–H and O–H groups in total. The molecule has 0 bridgehead atoms. The number of terminal acetylenes is 1. The van der Waals surface area contributed by atoms with Gasteiger partial charge in [-0.3, -0.25) is 4.90 Å². The Balaban J connectivity index is 2.47. The first-order valence-corrected chi connectivity index (χ1v) is 5.08. The van der Waals surface area contributed by atoms with Crippen LogP contribution >= 0.6 is 0 Å². The summed E-state index contributed by atoms with van der Waals surface area (Å²) >= 11 is 0. The summed E-state index contributed by atoms with van der Waals surface area (Å²) in [6.07, 6.45) is 5.41. The van der Waals surface area contributed by atoms with Gasteiger partial charge in [-0.05, 0) is 12.8 Å². The maximum absolute atomic E-state index is 5.41. The second-order valence-electron chi connectivity index (χ2n) is 4.14. The zero-order chi connectivity index (χ0) is 9.84. The molecule has 0 saturated carbocycles. The lowest BCUT2D eigenvalue weighted by Gasteiger charge is -2.37. The Morgan fingerprint density at radius 2 is 2.15 bits per heavy atom. The predicted molar refractivity (Wildman–Crippen MR) is 56.5 cm³/mol. The first-order valence-electron chi connectivity index (χ1n) is 5.08. The molecule has 1 heterocycles. The van der Waals surface area contributed by atoms with E-state index in [4.69, 9.17) is 6.42 Å². The summed E-state index contributed by atoms with van der Waals surface area (Å²) < 4.78 is 0. The van der Waals surface area contributed by atoms with Crippen molar-refractivity contribution in [3.63, 3.8) is 0 Å². The molecule has 1 saturated heterocycles. The molecule has 2 nitrogen and oxygen atoms in total. The van der Waals surface area contributed by atoms with Gasteiger partial charge in [0.05, 0.1) is 6.04 Å². The Bertz CT molecular complexity index is 193. The first kappa shape index (κ1) is 10.6. The Kier molecular flexibility index (Phi) is 3.77. The van der Waals surface area contributed by atoms with Gasteiger partial charge < -0.3 is 5.32 Å². The van der Waals surface area contributed by atoms with Crippen molar-refractivity contribution in [3.8, 4) is 12.3 Å². The first-order chi connectivity index (χ1) is 6.15. The van der Waals surface area contributed by atoms with Crippen LogP contribution in [0.2, 0.25) is 0 Å². The smallest absolute Gasteiger partial charge is 0.0684 e. The largest absolute Gasteiger partial charge is 0.311 e. The lowest BCUT2D eigenvalue weighted by Crippen LogP contribution is -2.54. The average molecular weight is 180 g/mol. The van der Waals surface area contributed by atoms with Crippen LogP contribution in [-0.4, -0.2) is 36.6 Å². The standard InChI is InChI=1S/C11H20N2/c1-5-10(4)13-7-6-12-11(8-13)9(2)3/h1,9-12H,6-8H2,2-4H3. The maximum atomic E-state index is 5.41. The van der Waals surface area contributed by atoms with E-state index in [1.165, 1.54) is 0 Å². The predicted octanol–water partition coefficient (Wildman–Crippen LogP) is 0.938. The van der Waals surface area contributed by atoms with E-state index in [0.717, 1.165) is 19.6 Å². The quantitative estimate of drug-likeness (QED) is 0.636. The molecular weight excluding hydrogens is 160 g/mol. The molecule has 0 aromatic carbocycles. The number of rotatable bonds is 2. The number of nitrogens with zero attached hydrogens (tertiary/aromatic N) is 1. The van der Waals surface area contributed by atoms with Gasteiger partial charge in [0.25, 0.3) is 0 Å². The van der Waals surface area contributed by atoms with Crippen molar-refractivity contribution in [2.24, 2.45) is 5.92 Å². The lowest BCUT2D eigenvalue weighted by molar-refractivity contribution is 0.158. The summed E-state index contributed by atoms with van der Waals surface area (Å²) in [5, 5.41) is 3.52. The second-order valence-corrected chi connectivity index (χ2v) is 4.14. The van der Waals surface area contributed by atoms with Crippen LogP contribution in [0.1, 0.15) is 20.8 Å². The van der Waals surface area contributed by atoms with Gasteiger partial charge >= 0.3 is 0 Å². The van der Waals surface area contributed by atoms with E-state index in [-0.39, 0.29) is 6.04 Å². The molecule has 13 heavy (non-hydrogen) atoms. The van der Waals surface area contributed by atoms with Crippen molar-refractivity contribution in [2.75, 3.05) is 19.6 Å². The van der Waals surface area contributed by atoms with Gasteiger partial charge in [-0.25, -0.2) is 0 Å². The minimum absolute atomic E-state index is 0.281. The van der Waals surface area contributed by atoms with Crippen LogP contribution in [0.25, 0.3) is 0 Å². The van der Waals surface area contributed by atoms with E-state index in [0.29, 0.717) is 12.0 Å². The Hall–Kier alpha value is -0.520. The van der Waals surface area contributed by atoms with Crippen molar-refractivity contribution < 1.29 is 0 Å². The summed E-state index contributed by atoms with van der Waals surface area (Å²) in [7, 11) is 0. The maximum Gasteiger partial charge on any atom is 0.0684 e. The van der Waals surface area contributed by atoms with Gasteiger partial charge in [0.2, 0.25) is 0 Å². The van der Waals surface area contributed by atoms with E-state index in [1.807, 2.05) is 0 Å². The number of nitrogens with one attached hydrogen (secondary N) is 1. The SMILES string of the molecule is C#CC(C)N1CCNC(C(C)C)C1. The van der Waals surface area contributed by atoms with E-state index in [2.05, 4.69) is 36.9 Å². The van der Waals surface area contributed by atoms with E-state index in [9.17, 15) is 0 Å². The van der Waals surface area contributed by atoms with Gasteiger partial charge in [-0.2, -0.15) is 0 Å². The van der Waals surface area contributed by atoms with Crippen LogP contribution in [0.5, 0.6) is 0 Å². The molecule has 1 aliphatic heterocycles. The van der Waals surface area contributed by atoms with Crippen LogP contribution in [-0.2, 0) is 0 Å². The second kappa shape index (κ2) is 4.64. The monoisotopic (exact) mass is 180 g/mol. The summed E-state index contributed by atoms with van der Waals surface area (Å²) in [4.78, 5) is 2.38. The van der Waals surface area contributed by atoms with Gasteiger partial charge in [-0.15, -0.1) is 6.42 Å². The van der Waals surface area contributed by atoms with Crippen LogP contribution in [0.3, 0.4) is 0 Å². The molecule has 74 valence electrons. The molecule has 2 atom stereocenters. The van der Waals surface area contributed by atoms with Crippen molar-refractivity contribution >= 4 is 0 Å². The van der Waals surface area contributed by atoms with Gasteiger partial charge in [0.1, 0.15) is 0 Å². The van der Waals surface area contributed by atoms with E-state index >= 15 is 0 Å². The minimum Gasteiger partial charge on any atom is -0.311 e. The fourth-order valence-electron chi connectivity index (χ4n) is 1.71. The van der Waals surface area contributed by atoms with Crippen LogP contribution in [0, 0.1) is 18.3 Å². The highest BCUT2D eigenvalue weighted by Crippen LogP contribution is 2.10. The third kappa shape index (κ3) is 2.72. The molecule has 1 aliphatic rings.